The van der Waals surface area contributed by atoms with Crippen LogP contribution in [0.4, 0.5) is 10.2 Å². The Hall–Kier alpha value is -1.99. The number of hydrogen-bond acceptors (Lipinski definition) is 5. The van der Waals surface area contributed by atoms with Crippen molar-refractivity contribution in [2.24, 2.45) is 11.8 Å². The van der Waals surface area contributed by atoms with Crippen LogP contribution in [0.15, 0.2) is 35.8 Å². The largest absolute Gasteiger partial charge is 0.369 e. The summed E-state index contributed by atoms with van der Waals surface area (Å²) in [6.45, 7) is 2.01. The number of hydrogen-bond donors (Lipinski definition) is 1. The fourth-order valence-corrected chi connectivity index (χ4v) is 5.58. The number of halogens is 1. The lowest BCUT2D eigenvalue weighted by Gasteiger charge is -2.29. The van der Waals surface area contributed by atoms with Gasteiger partial charge in [0.1, 0.15) is 0 Å². The van der Waals surface area contributed by atoms with E-state index >= 15 is 0 Å². The maximum absolute atomic E-state index is 14.2. The Kier molecular flexibility index (Phi) is 3.76. The molecule has 2 bridgehead atoms. The van der Waals surface area contributed by atoms with Gasteiger partial charge in [0.05, 0.1) is 16.6 Å². The molecule has 0 aliphatic carbocycles. The third-order valence-corrected chi connectivity index (χ3v) is 6.93. The average molecular weight is 373 g/mol. The highest BCUT2D eigenvalue weighted by Gasteiger charge is 2.63. The number of pyridine rings is 1. The molecule has 0 unspecified atom stereocenters. The van der Waals surface area contributed by atoms with Crippen LogP contribution in [0.3, 0.4) is 0 Å². The number of thiophene rings is 1. The predicted octanol–water partition coefficient (Wildman–Crippen LogP) is 2.70. The van der Waals surface area contributed by atoms with E-state index in [1.165, 1.54) is 17.4 Å². The average Bonchev–Trinajstić information content (AvgIpc) is 3.40. The number of amides is 1. The van der Waals surface area contributed by atoms with Crippen molar-refractivity contribution in [3.05, 3.63) is 46.5 Å². The van der Waals surface area contributed by atoms with Gasteiger partial charge in [0.15, 0.2) is 11.6 Å². The van der Waals surface area contributed by atoms with Gasteiger partial charge in [-0.2, -0.15) is 0 Å². The number of carbonyl (C=O) groups excluding carboxylic acids is 1. The van der Waals surface area contributed by atoms with Crippen molar-refractivity contribution < 1.29 is 13.9 Å². The lowest BCUT2D eigenvalue weighted by molar-refractivity contribution is 0.0141. The van der Waals surface area contributed by atoms with Crippen LogP contribution in [0, 0.1) is 17.7 Å². The summed E-state index contributed by atoms with van der Waals surface area (Å²) >= 11 is 1.44. The van der Waals surface area contributed by atoms with Gasteiger partial charge >= 0.3 is 0 Å². The molecule has 4 atom stereocenters. The number of fused-ring (bicyclic) bond motifs is 1. The summed E-state index contributed by atoms with van der Waals surface area (Å²) in [6, 6.07) is 6.77. The molecule has 0 saturated carbocycles. The lowest BCUT2D eigenvalue weighted by atomic mass is 9.73. The highest BCUT2D eigenvalue weighted by molar-refractivity contribution is 7.12. The second-order valence-corrected chi connectivity index (χ2v) is 8.35. The Balaban J connectivity index is 1.32. The van der Waals surface area contributed by atoms with E-state index in [4.69, 9.17) is 4.74 Å². The Morgan fingerprint density at radius 1 is 1.46 bits per heavy atom. The van der Waals surface area contributed by atoms with E-state index in [1.54, 1.807) is 12.3 Å². The van der Waals surface area contributed by atoms with Crippen molar-refractivity contribution in [2.45, 2.75) is 24.5 Å². The molecule has 1 N–H and O–H groups in total. The molecule has 0 aromatic carbocycles. The highest BCUT2D eigenvalue weighted by Crippen LogP contribution is 2.55. The van der Waals surface area contributed by atoms with E-state index in [0.717, 1.165) is 24.3 Å². The second-order valence-electron chi connectivity index (χ2n) is 7.41. The molecule has 0 radical (unpaired) electrons. The number of carbonyl (C=O) groups is 1. The van der Waals surface area contributed by atoms with Crippen LogP contribution >= 0.6 is 11.3 Å². The molecule has 26 heavy (non-hydrogen) atoms. The zero-order valence-electron chi connectivity index (χ0n) is 14.2. The first-order valence-electron chi connectivity index (χ1n) is 9.01. The molecule has 5 rings (SSSR count). The molecule has 136 valence electrons. The number of nitrogens with one attached hydrogen (secondary N) is 1. The predicted molar refractivity (Wildman–Crippen MR) is 96.9 cm³/mol. The summed E-state index contributed by atoms with van der Waals surface area (Å²) in [7, 11) is 0. The maximum atomic E-state index is 14.2. The minimum Gasteiger partial charge on any atom is -0.369 e. The van der Waals surface area contributed by atoms with E-state index in [0.29, 0.717) is 24.8 Å². The normalized spacial score (nSPS) is 32.0. The number of aromatic nitrogens is 1. The van der Waals surface area contributed by atoms with E-state index in [-0.39, 0.29) is 29.3 Å². The molecule has 3 aliphatic heterocycles. The molecular weight excluding hydrogens is 353 g/mol. The maximum Gasteiger partial charge on any atom is 0.261 e. The summed E-state index contributed by atoms with van der Waals surface area (Å²) in [5.74, 6) is 0.656. The fourth-order valence-electron chi connectivity index (χ4n) is 4.94. The summed E-state index contributed by atoms with van der Waals surface area (Å²) in [5.41, 5.74) is -0.215. The number of nitrogens with zero attached hydrogens (tertiary/aromatic N) is 2. The minimum atomic E-state index is -0.291. The molecular formula is C19H20FN3O2S. The standard InChI is InChI=1S/C19H20FN3O2S/c20-14-3-1-7-21-17(14)23-10-13-12(15-5-6-19(13,11-23)25-15)9-22-18(24)16-4-2-8-26-16/h1-4,7-8,12-13,15H,5-6,9-11H2,(H,22,24)/t12-,13+,15+,19+/m0/s1. The first-order chi connectivity index (χ1) is 12.7. The van der Waals surface area contributed by atoms with Crippen LogP contribution < -0.4 is 10.2 Å². The Bertz CT molecular complexity index is 830. The second kappa shape index (κ2) is 6.03. The van der Waals surface area contributed by atoms with E-state index in [9.17, 15) is 9.18 Å². The minimum absolute atomic E-state index is 0.0255. The van der Waals surface area contributed by atoms with Crippen LogP contribution in [0.2, 0.25) is 0 Å². The van der Waals surface area contributed by atoms with Crippen molar-refractivity contribution in [1.29, 1.82) is 0 Å². The molecule has 3 saturated heterocycles. The molecule has 7 heteroatoms. The van der Waals surface area contributed by atoms with Gasteiger partial charge in [-0.05, 0) is 36.4 Å². The van der Waals surface area contributed by atoms with Crippen LogP contribution in [-0.4, -0.2) is 42.2 Å². The quantitative estimate of drug-likeness (QED) is 0.895. The fraction of sp³-hybridized carbons (Fsp3) is 0.474. The topological polar surface area (TPSA) is 54.5 Å². The molecule has 5 heterocycles. The zero-order valence-corrected chi connectivity index (χ0v) is 15.0. The van der Waals surface area contributed by atoms with Crippen LogP contribution in [0.25, 0.3) is 0 Å². The van der Waals surface area contributed by atoms with Gasteiger partial charge in [-0.15, -0.1) is 11.3 Å². The highest BCUT2D eigenvalue weighted by atomic mass is 32.1. The first-order valence-corrected chi connectivity index (χ1v) is 9.89. The van der Waals surface area contributed by atoms with Gasteiger partial charge in [-0.3, -0.25) is 4.79 Å². The lowest BCUT2D eigenvalue weighted by Crippen LogP contribution is -2.41. The number of anilines is 1. The third kappa shape index (κ3) is 2.45. The molecule has 1 spiro atoms. The third-order valence-electron chi connectivity index (χ3n) is 6.07. The summed E-state index contributed by atoms with van der Waals surface area (Å²) in [6.07, 6.45) is 3.83. The van der Waals surface area contributed by atoms with Gasteiger partial charge in [0.25, 0.3) is 5.91 Å². The van der Waals surface area contributed by atoms with Gasteiger partial charge in [0.2, 0.25) is 0 Å². The number of ether oxygens (including phenoxy) is 1. The Morgan fingerprint density at radius 3 is 3.19 bits per heavy atom. The zero-order chi connectivity index (χ0) is 17.7. The van der Waals surface area contributed by atoms with Gasteiger partial charge in [-0.1, -0.05) is 6.07 Å². The summed E-state index contributed by atoms with van der Waals surface area (Å²) in [5, 5.41) is 4.97. The summed E-state index contributed by atoms with van der Waals surface area (Å²) in [4.78, 5) is 19.2. The van der Waals surface area contributed by atoms with Crippen molar-refractivity contribution >= 4 is 23.1 Å². The smallest absolute Gasteiger partial charge is 0.261 e. The van der Waals surface area contributed by atoms with E-state index in [1.807, 2.05) is 22.4 Å². The van der Waals surface area contributed by atoms with E-state index < -0.39 is 0 Å². The molecule has 3 fully saturated rings. The molecule has 5 nitrogen and oxygen atoms in total. The molecule has 2 aromatic heterocycles. The number of rotatable bonds is 4. The van der Waals surface area contributed by atoms with Crippen LogP contribution in [-0.2, 0) is 4.74 Å². The summed E-state index contributed by atoms with van der Waals surface area (Å²) < 4.78 is 20.5. The van der Waals surface area contributed by atoms with Crippen molar-refractivity contribution in [2.75, 3.05) is 24.5 Å². The molecule has 1 amide bonds. The van der Waals surface area contributed by atoms with Gasteiger partial charge in [0, 0.05) is 37.7 Å². The monoisotopic (exact) mass is 373 g/mol. The first kappa shape index (κ1) is 16.2. The van der Waals surface area contributed by atoms with E-state index in [2.05, 4.69) is 10.3 Å². The van der Waals surface area contributed by atoms with Crippen molar-refractivity contribution in [3.63, 3.8) is 0 Å². The van der Waals surface area contributed by atoms with Crippen LogP contribution in [0.5, 0.6) is 0 Å². The molecule has 2 aromatic rings. The van der Waals surface area contributed by atoms with Crippen molar-refractivity contribution in [1.82, 2.24) is 10.3 Å². The Morgan fingerprint density at radius 2 is 2.38 bits per heavy atom. The van der Waals surface area contributed by atoms with Crippen molar-refractivity contribution in [3.8, 4) is 0 Å². The van der Waals surface area contributed by atoms with Crippen LogP contribution in [0.1, 0.15) is 22.5 Å². The molecule has 3 aliphatic rings. The Labute approximate surface area is 155 Å². The van der Waals surface area contributed by atoms with Gasteiger partial charge < -0.3 is 15.0 Å². The van der Waals surface area contributed by atoms with Gasteiger partial charge in [-0.25, -0.2) is 9.37 Å². The SMILES string of the molecule is O=C(NC[C@H]1[C@H]2CN(c3ncccc3F)C[C@]23CC[C@H]1O3)c1cccs1.